The van der Waals surface area contributed by atoms with Crippen molar-refractivity contribution in [1.82, 2.24) is 40.0 Å². The average Bonchev–Trinajstić information content (AvgIpc) is 3.57. The molecular weight excluding hydrogens is 416 g/mol. The van der Waals surface area contributed by atoms with Crippen LogP contribution >= 0.6 is 0 Å². The van der Waals surface area contributed by atoms with Gasteiger partial charge < -0.3 is 14.3 Å². The van der Waals surface area contributed by atoms with Crippen LogP contribution < -0.4 is 0 Å². The predicted octanol–water partition coefficient (Wildman–Crippen LogP) is 4.28. The summed E-state index contributed by atoms with van der Waals surface area (Å²) in [4.78, 5) is 23.9. The van der Waals surface area contributed by atoms with Crippen molar-refractivity contribution in [2.75, 3.05) is 14.1 Å². The molecule has 0 saturated carbocycles. The molecule has 162 valence electrons. The molecule has 2 N–H and O–H groups in total. The van der Waals surface area contributed by atoms with Crippen molar-refractivity contribution >= 4 is 22.1 Å². The van der Waals surface area contributed by atoms with Gasteiger partial charge in [0.25, 0.3) is 0 Å². The molecule has 0 aliphatic heterocycles. The van der Waals surface area contributed by atoms with E-state index in [1.165, 1.54) is 0 Å². The highest BCUT2D eigenvalue weighted by molar-refractivity contribution is 5.95. The summed E-state index contributed by atoms with van der Waals surface area (Å²) in [5, 5.41) is 7.57. The van der Waals surface area contributed by atoms with E-state index in [4.69, 9.17) is 14.4 Å². The normalized spacial score (nSPS) is 11.7. The Kier molecular flexibility index (Phi) is 4.48. The van der Waals surface area contributed by atoms with Crippen LogP contribution in [0.15, 0.2) is 66.0 Å². The Morgan fingerprint density at radius 3 is 2.67 bits per heavy atom. The molecule has 0 amide bonds. The standard InChI is InChI=1S/C24H20N8O/c1-32(2)12-14-7-16(9-25-8-14)18-3-4-19-22(27-18)23(31-30-19)24-28-20-11-26-10-17(21(20)29-24)15-5-6-33-13-15/h3-11,13H,12H2,1-2H3,(H,28,29)(H,30,31). The first-order valence-electron chi connectivity index (χ1n) is 10.5. The van der Waals surface area contributed by atoms with Gasteiger partial charge in [-0.2, -0.15) is 5.10 Å². The van der Waals surface area contributed by atoms with Gasteiger partial charge in [0.15, 0.2) is 11.5 Å². The molecule has 6 aromatic rings. The summed E-state index contributed by atoms with van der Waals surface area (Å²) < 4.78 is 5.24. The first-order chi connectivity index (χ1) is 16.2. The van der Waals surface area contributed by atoms with Crippen molar-refractivity contribution in [3.05, 3.63) is 67.1 Å². The third-order valence-electron chi connectivity index (χ3n) is 5.45. The number of aromatic amines is 2. The summed E-state index contributed by atoms with van der Waals surface area (Å²) in [6.07, 6.45) is 10.6. The van der Waals surface area contributed by atoms with Crippen LogP contribution in [0.3, 0.4) is 0 Å². The van der Waals surface area contributed by atoms with Gasteiger partial charge >= 0.3 is 0 Å². The number of H-pyrrole nitrogens is 2. The zero-order chi connectivity index (χ0) is 22.4. The zero-order valence-corrected chi connectivity index (χ0v) is 18.1. The number of fused-ring (bicyclic) bond motifs is 2. The largest absolute Gasteiger partial charge is 0.472 e. The molecule has 6 rings (SSSR count). The van der Waals surface area contributed by atoms with Crippen LogP contribution in [0.5, 0.6) is 0 Å². The lowest BCUT2D eigenvalue weighted by atomic mass is 10.1. The molecule has 0 fully saturated rings. The maximum atomic E-state index is 5.24. The Balaban J connectivity index is 1.45. The molecule has 0 aliphatic carbocycles. The molecule has 0 bridgehead atoms. The quantitative estimate of drug-likeness (QED) is 0.415. The SMILES string of the molecule is CN(C)Cc1cncc(-c2ccc3[nH]nc(-c4nc5c(-c6ccoc6)cncc5[nH]4)c3n2)c1. The first-order valence-corrected chi connectivity index (χ1v) is 10.5. The van der Waals surface area contributed by atoms with Crippen molar-refractivity contribution in [2.45, 2.75) is 6.54 Å². The van der Waals surface area contributed by atoms with Gasteiger partial charge in [0.2, 0.25) is 0 Å². The van der Waals surface area contributed by atoms with Gasteiger partial charge in [0, 0.05) is 41.8 Å². The second kappa shape index (κ2) is 7.64. The number of nitrogens with zero attached hydrogens (tertiary/aromatic N) is 6. The fourth-order valence-corrected chi connectivity index (χ4v) is 3.98. The smallest absolute Gasteiger partial charge is 0.161 e. The van der Waals surface area contributed by atoms with Crippen molar-refractivity contribution in [3.63, 3.8) is 0 Å². The van der Waals surface area contributed by atoms with Gasteiger partial charge in [-0.15, -0.1) is 0 Å². The Hall–Kier alpha value is -4.37. The summed E-state index contributed by atoms with van der Waals surface area (Å²) in [6, 6.07) is 7.96. The second-order valence-corrected chi connectivity index (χ2v) is 8.17. The summed E-state index contributed by atoms with van der Waals surface area (Å²) in [5.74, 6) is 0.623. The van der Waals surface area contributed by atoms with Gasteiger partial charge in [-0.3, -0.25) is 15.1 Å². The molecule has 9 heteroatoms. The van der Waals surface area contributed by atoms with Gasteiger partial charge in [0.1, 0.15) is 11.0 Å². The highest BCUT2D eigenvalue weighted by atomic mass is 16.3. The molecule has 9 nitrogen and oxygen atoms in total. The summed E-state index contributed by atoms with van der Waals surface area (Å²) in [5.41, 5.74) is 8.56. The number of aromatic nitrogens is 7. The maximum absolute atomic E-state index is 5.24. The van der Waals surface area contributed by atoms with E-state index in [1.807, 2.05) is 44.7 Å². The molecule has 33 heavy (non-hydrogen) atoms. The molecule has 0 aliphatic rings. The topological polar surface area (TPSA) is 112 Å². The van der Waals surface area contributed by atoms with Crippen molar-refractivity contribution in [1.29, 1.82) is 0 Å². The van der Waals surface area contributed by atoms with E-state index in [1.54, 1.807) is 24.9 Å². The number of imidazole rings is 1. The van der Waals surface area contributed by atoms with Crippen LogP contribution in [0.4, 0.5) is 0 Å². The number of furan rings is 1. The molecule has 0 atom stereocenters. The van der Waals surface area contributed by atoms with Crippen LogP contribution in [0.2, 0.25) is 0 Å². The predicted molar refractivity (Wildman–Crippen MR) is 125 cm³/mol. The van der Waals surface area contributed by atoms with E-state index in [0.29, 0.717) is 11.5 Å². The lowest BCUT2D eigenvalue weighted by Gasteiger charge is -2.10. The number of rotatable bonds is 5. The van der Waals surface area contributed by atoms with Crippen LogP contribution in [-0.4, -0.2) is 54.1 Å². The van der Waals surface area contributed by atoms with E-state index < -0.39 is 0 Å². The highest BCUT2D eigenvalue weighted by Gasteiger charge is 2.17. The minimum atomic E-state index is 0.623. The minimum Gasteiger partial charge on any atom is -0.472 e. The van der Waals surface area contributed by atoms with Gasteiger partial charge in [0.05, 0.1) is 35.5 Å². The molecule has 0 saturated heterocycles. The Bertz CT molecular complexity index is 1580. The number of hydrogen-bond donors (Lipinski definition) is 2. The number of nitrogens with one attached hydrogen (secondary N) is 2. The van der Waals surface area contributed by atoms with E-state index in [0.717, 1.165) is 56.6 Å². The number of pyridine rings is 3. The Morgan fingerprint density at radius 2 is 1.82 bits per heavy atom. The third-order valence-corrected chi connectivity index (χ3v) is 5.45. The molecule has 0 radical (unpaired) electrons. The molecule has 0 aromatic carbocycles. The van der Waals surface area contributed by atoms with Crippen LogP contribution in [0.1, 0.15) is 5.56 Å². The van der Waals surface area contributed by atoms with Crippen molar-refractivity contribution < 1.29 is 4.42 Å². The fourth-order valence-electron chi connectivity index (χ4n) is 3.98. The first kappa shape index (κ1) is 19.3. The summed E-state index contributed by atoms with van der Waals surface area (Å²) in [7, 11) is 4.07. The fraction of sp³-hybridized carbons (Fsp3) is 0.125. The molecular formula is C24H20N8O. The van der Waals surface area contributed by atoms with Crippen LogP contribution in [0, 0.1) is 0 Å². The second-order valence-electron chi connectivity index (χ2n) is 8.17. The van der Waals surface area contributed by atoms with Gasteiger partial charge in [-0.1, -0.05) is 0 Å². The average molecular weight is 436 g/mol. The molecule has 6 heterocycles. The monoisotopic (exact) mass is 436 g/mol. The zero-order valence-electron chi connectivity index (χ0n) is 18.1. The lowest BCUT2D eigenvalue weighted by Crippen LogP contribution is -2.10. The molecule has 0 unspecified atom stereocenters. The maximum Gasteiger partial charge on any atom is 0.161 e. The highest BCUT2D eigenvalue weighted by Crippen LogP contribution is 2.31. The Labute approximate surface area is 188 Å². The van der Waals surface area contributed by atoms with Crippen LogP contribution in [0.25, 0.3) is 56.0 Å². The van der Waals surface area contributed by atoms with E-state index >= 15 is 0 Å². The minimum absolute atomic E-state index is 0.623. The van der Waals surface area contributed by atoms with E-state index in [2.05, 4.69) is 36.1 Å². The molecule has 0 spiro atoms. The summed E-state index contributed by atoms with van der Waals surface area (Å²) >= 11 is 0. The lowest BCUT2D eigenvalue weighted by molar-refractivity contribution is 0.402. The summed E-state index contributed by atoms with van der Waals surface area (Å²) in [6.45, 7) is 0.812. The van der Waals surface area contributed by atoms with Gasteiger partial charge in [-0.05, 0) is 43.9 Å². The number of hydrogen-bond acceptors (Lipinski definition) is 7. The van der Waals surface area contributed by atoms with Crippen molar-refractivity contribution in [2.24, 2.45) is 0 Å². The Morgan fingerprint density at radius 1 is 0.909 bits per heavy atom. The van der Waals surface area contributed by atoms with Crippen molar-refractivity contribution in [3.8, 4) is 33.9 Å². The van der Waals surface area contributed by atoms with Crippen LogP contribution in [-0.2, 0) is 6.54 Å². The molecule has 6 aromatic heterocycles. The van der Waals surface area contributed by atoms with E-state index in [9.17, 15) is 0 Å². The van der Waals surface area contributed by atoms with Gasteiger partial charge in [-0.25, -0.2) is 9.97 Å². The third kappa shape index (κ3) is 3.44. The van der Waals surface area contributed by atoms with E-state index in [-0.39, 0.29) is 0 Å².